The lowest BCUT2D eigenvalue weighted by atomic mass is 10.1. The number of ether oxygens (including phenoxy) is 1. The summed E-state index contributed by atoms with van der Waals surface area (Å²) in [6, 6.07) is 8.47. The molecule has 0 aliphatic carbocycles. The standard InChI is InChI=1S/C20H23N5O4/c1-5-29-15(26)11-23-18(27)16-17(22(4)20(23)28)21-19-24(12(2)13(3)25(16)19)14-9-7-6-8-10-14/h6-10,16-17H,5,11H2,1-4H3. The van der Waals surface area contributed by atoms with Crippen LogP contribution in [0.3, 0.4) is 0 Å². The largest absolute Gasteiger partial charge is 0.465 e. The van der Waals surface area contributed by atoms with Crippen LogP contribution in [0.2, 0.25) is 0 Å². The summed E-state index contributed by atoms with van der Waals surface area (Å²) < 4.78 is 4.92. The molecule has 29 heavy (non-hydrogen) atoms. The predicted molar refractivity (Wildman–Crippen MR) is 106 cm³/mol. The molecular weight excluding hydrogens is 374 g/mol. The molecule has 1 saturated heterocycles. The van der Waals surface area contributed by atoms with Crippen LogP contribution in [0.1, 0.15) is 20.8 Å². The van der Waals surface area contributed by atoms with Gasteiger partial charge in [-0.3, -0.25) is 24.3 Å². The van der Waals surface area contributed by atoms with Crippen LogP contribution in [-0.4, -0.2) is 71.0 Å². The summed E-state index contributed by atoms with van der Waals surface area (Å²) in [6.07, 6.45) is -0.655. The molecule has 0 spiro atoms. The number of fused-ring (bicyclic) bond motifs is 3. The number of guanidine groups is 1. The zero-order chi connectivity index (χ0) is 20.9. The second kappa shape index (κ2) is 6.91. The highest BCUT2D eigenvalue weighted by Gasteiger charge is 2.56. The predicted octanol–water partition coefficient (Wildman–Crippen LogP) is 1.58. The molecule has 2 atom stereocenters. The second-order valence-corrected chi connectivity index (χ2v) is 7.12. The molecule has 4 rings (SSSR count). The molecule has 9 heteroatoms. The average molecular weight is 397 g/mol. The van der Waals surface area contributed by atoms with Crippen molar-refractivity contribution in [2.24, 2.45) is 4.99 Å². The fraction of sp³-hybridized carbons (Fsp3) is 0.400. The zero-order valence-electron chi connectivity index (χ0n) is 16.8. The van der Waals surface area contributed by atoms with Crippen molar-refractivity contribution in [3.63, 3.8) is 0 Å². The lowest BCUT2D eigenvalue weighted by molar-refractivity contribution is -0.150. The number of aliphatic imine (C=N–C) groups is 1. The molecule has 9 nitrogen and oxygen atoms in total. The lowest BCUT2D eigenvalue weighted by Crippen LogP contribution is -2.65. The highest BCUT2D eigenvalue weighted by atomic mass is 16.5. The highest BCUT2D eigenvalue weighted by Crippen LogP contribution is 2.39. The first-order valence-corrected chi connectivity index (χ1v) is 9.50. The third-order valence-electron chi connectivity index (χ3n) is 5.50. The van der Waals surface area contributed by atoms with Crippen molar-refractivity contribution in [2.75, 3.05) is 25.1 Å². The molecule has 152 valence electrons. The van der Waals surface area contributed by atoms with Gasteiger partial charge >= 0.3 is 12.0 Å². The number of carbonyl (C=O) groups is 3. The van der Waals surface area contributed by atoms with E-state index < -0.39 is 36.7 Å². The molecule has 3 aliphatic heterocycles. The molecule has 3 amide bonds. The van der Waals surface area contributed by atoms with E-state index in [0.717, 1.165) is 22.0 Å². The van der Waals surface area contributed by atoms with Gasteiger partial charge in [0.2, 0.25) is 5.96 Å². The van der Waals surface area contributed by atoms with Crippen LogP contribution in [0.25, 0.3) is 0 Å². The maximum Gasteiger partial charge on any atom is 0.328 e. The van der Waals surface area contributed by atoms with Gasteiger partial charge < -0.3 is 9.64 Å². The van der Waals surface area contributed by atoms with Crippen LogP contribution in [0.15, 0.2) is 46.7 Å². The Balaban J connectivity index is 1.70. The van der Waals surface area contributed by atoms with Gasteiger partial charge in [-0.2, -0.15) is 0 Å². The summed E-state index contributed by atoms with van der Waals surface area (Å²) >= 11 is 0. The van der Waals surface area contributed by atoms with Gasteiger partial charge in [0.05, 0.1) is 6.61 Å². The number of imide groups is 1. The third-order valence-corrected chi connectivity index (χ3v) is 5.50. The van der Waals surface area contributed by atoms with Crippen molar-refractivity contribution in [2.45, 2.75) is 33.0 Å². The van der Waals surface area contributed by atoms with Crippen molar-refractivity contribution in [1.82, 2.24) is 14.7 Å². The summed E-state index contributed by atoms with van der Waals surface area (Å²) in [7, 11) is 1.59. The van der Waals surface area contributed by atoms with Gasteiger partial charge in [-0.25, -0.2) is 9.79 Å². The van der Waals surface area contributed by atoms with Crippen molar-refractivity contribution in [3.8, 4) is 0 Å². The first-order chi connectivity index (χ1) is 13.9. The molecule has 0 radical (unpaired) electrons. The molecule has 1 fully saturated rings. The summed E-state index contributed by atoms with van der Waals surface area (Å²) in [5.41, 5.74) is 2.76. The van der Waals surface area contributed by atoms with Gasteiger partial charge in [-0.05, 0) is 32.9 Å². The molecule has 3 heterocycles. The van der Waals surface area contributed by atoms with Crippen LogP contribution in [0, 0.1) is 0 Å². The van der Waals surface area contributed by atoms with Gasteiger partial charge in [0.15, 0.2) is 12.2 Å². The quantitative estimate of drug-likeness (QED) is 0.717. The minimum Gasteiger partial charge on any atom is -0.465 e. The number of urea groups is 1. The van der Waals surface area contributed by atoms with Crippen LogP contribution in [0.4, 0.5) is 10.5 Å². The van der Waals surface area contributed by atoms with Gasteiger partial charge in [0, 0.05) is 24.1 Å². The van der Waals surface area contributed by atoms with Crippen LogP contribution in [-0.2, 0) is 14.3 Å². The minimum absolute atomic E-state index is 0.184. The van der Waals surface area contributed by atoms with Crippen molar-refractivity contribution >= 4 is 29.6 Å². The number of esters is 1. The monoisotopic (exact) mass is 397 g/mol. The topological polar surface area (TPSA) is 85.8 Å². The minimum atomic E-state index is -0.717. The Kier molecular flexibility index (Phi) is 4.52. The van der Waals surface area contributed by atoms with Crippen molar-refractivity contribution < 1.29 is 19.1 Å². The number of amides is 3. The van der Waals surface area contributed by atoms with E-state index in [4.69, 9.17) is 9.73 Å². The number of allylic oxidation sites excluding steroid dienone is 2. The van der Waals surface area contributed by atoms with Gasteiger partial charge in [0.1, 0.15) is 6.54 Å². The Bertz CT molecular complexity index is 941. The molecule has 1 aromatic carbocycles. The number of nitrogens with zero attached hydrogens (tertiary/aromatic N) is 5. The Labute approximate surface area is 168 Å². The maximum absolute atomic E-state index is 13.3. The fourth-order valence-electron chi connectivity index (χ4n) is 3.98. The number of hydrogen-bond donors (Lipinski definition) is 0. The smallest absolute Gasteiger partial charge is 0.328 e. The number of para-hydroxylation sites is 1. The normalized spacial score (nSPS) is 23.5. The van der Waals surface area contributed by atoms with Gasteiger partial charge in [-0.15, -0.1) is 0 Å². The van der Waals surface area contributed by atoms with Crippen LogP contribution >= 0.6 is 0 Å². The van der Waals surface area contributed by atoms with Crippen LogP contribution in [0.5, 0.6) is 0 Å². The first-order valence-electron chi connectivity index (χ1n) is 9.50. The Morgan fingerprint density at radius 2 is 1.83 bits per heavy atom. The molecular formula is C20H23N5O4. The van der Waals surface area contributed by atoms with E-state index in [2.05, 4.69) is 0 Å². The number of benzene rings is 1. The Hall–Kier alpha value is -3.36. The van der Waals surface area contributed by atoms with E-state index in [9.17, 15) is 14.4 Å². The van der Waals surface area contributed by atoms with E-state index in [-0.39, 0.29) is 6.61 Å². The van der Waals surface area contributed by atoms with E-state index in [1.165, 1.54) is 4.90 Å². The van der Waals surface area contributed by atoms with Crippen LogP contribution < -0.4 is 4.90 Å². The van der Waals surface area contributed by atoms with E-state index in [1.807, 2.05) is 54.0 Å². The molecule has 1 aromatic rings. The Morgan fingerprint density at radius 3 is 2.48 bits per heavy atom. The number of hydrogen-bond acceptors (Lipinski definition) is 7. The molecule has 0 saturated carbocycles. The SMILES string of the molecule is CCOC(=O)CN1C(=O)C2C(N=C3N(c4ccccc4)C(C)=C(C)N32)N(C)C1=O. The van der Waals surface area contributed by atoms with Crippen molar-refractivity contribution in [1.29, 1.82) is 0 Å². The number of anilines is 1. The zero-order valence-corrected chi connectivity index (χ0v) is 16.8. The second-order valence-electron chi connectivity index (χ2n) is 7.12. The van der Waals surface area contributed by atoms with Crippen molar-refractivity contribution in [3.05, 3.63) is 41.7 Å². The van der Waals surface area contributed by atoms with E-state index >= 15 is 0 Å². The van der Waals surface area contributed by atoms with E-state index in [1.54, 1.807) is 14.0 Å². The van der Waals surface area contributed by atoms with E-state index in [0.29, 0.717) is 5.96 Å². The Morgan fingerprint density at radius 1 is 1.14 bits per heavy atom. The maximum atomic E-state index is 13.3. The molecule has 0 aromatic heterocycles. The van der Waals surface area contributed by atoms with Gasteiger partial charge in [-0.1, -0.05) is 18.2 Å². The number of rotatable bonds is 4. The summed E-state index contributed by atoms with van der Waals surface area (Å²) in [5.74, 6) is -0.463. The van der Waals surface area contributed by atoms with Gasteiger partial charge in [0.25, 0.3) is 5.91 Å². The summed E-state index contributed by atoms with van der Waals surface area (Å²) in [6.45, 7) is 5.35. The average Bonchev–Trinajstić information content (AvgIpc) is 3.20. The summed E-state index contributed by atoms with van der Waals surface area (Å²) in [5, 5.41) is 0. The molecule has 3 aliphatic rings. The third kappa shape index (κ3) is 2.76. The molecule has 0 N–H and O–H groups in total. The fourth-order valence-corrected chi connectivity index (χ4v) is 3.98. The lowest BCUT2D eigenvalue weighted by Gasteiger charge is -2.40. The number of likely N-dealkylation sites (N-methyl/N-ethyl adjacent to an activating group) is 1. The number of carbonyl (C=O) groups excluding carboxylic acids is 3. The highest BCUT2D eigenvalue weighted by molar-refractivity contribution is 6.11. The molecule has 0 bridgehead atoms. The first kappa shape index (κ1) is 19.0. The summed E-state index contributed by atoms with van der Waals surface area (Å²) in [4.78, 5) is 48.9. The molecule has 2 unspecified atom stereocenters.